The van der Waals surface area contributed by atoms with Crippen molar-refractivity contribution in [1.29, 1.82) is 0 Å². The van der Waals surface area contributed by atoms with Crippen LogP contribution >= 0.6 is 0 Å². The molecule has 1 saturated carbocycles. The number of benzene rings is 1. The third-order valence-corrected chi connectivity index (χ3v) is 4.50. The SMILES string of the molecule is CC(C)(C)OC(=O)NC/C(=C\F)COc1ccc(-c2nc(C3CC3)n(CCO)n2)cc1. The second-order valence-electron chi connectivity index (χ2n) is 8.45. The molecule has 0 unspecified atom stereocenters. The molecule has 2 N–H and O–H groups in total. The van der Waals surface area contributed by atoms with E-state index in [-0.39, 0.29) is 25.3 Å². The number of hydrogen-bond acceptors (Lipinski definition) is 6. The van der Waals surface area contributed by atoms with Gasteiger partial charge in [-0.05, 0) is 57.9 Å². The van der Waals surface area contributed by atoms with E-state index in [0.717, 1.165) is 24.2 Å². The van der Waals surface area contributed by atoms with E-state index in [0.29, 0.717) is 30.4 Å². The zero-order chi connectivity index (χ0) is 22.4. The molecule has 31 heavy (non-hydrogen) atoms. The Morgan fingerprint density at radius 2 is 2.03 bits per heavy atom. The Balaban J connectivity index is 1.54. The van der Waals surface area contributed by atoms with Crippen LogP contribution < -0.4 is 10.1 Å². The topological polar surface area (TPSA) is 98.5 Å². The van der Waals surface area contributed by atoms with Gasteiger partial charge in [-0.2, -0.15) is 5.10 Å². The Kier molecular flexibility index (Phi) is 7.27. The van der Waals surface area contributed by atoms with Gasteiger partial charge in [-0.15, -0.1) is 0 Å². The van der Waals surface area contributed by atoms with Gasteiger partial charge >= 0.3 is 6.09 Å². The minimum Gasteiger partial charge on any atom is -0.489 e. The van der Waals surface area contributed by atoms with Gasteiger partial charge in [-0.3, -0.25) is 0 Å². The fourth-order valence-electron chi connectivity index (χ4n) is 2.88. The molecule has 0 atom stereocenters. The molecule has 0 spiro atoms. The molecule has 168 valence electrons. The van der Waals surface area contributed by atoms with E-state index in [1.54, 1.807) is 37.6 Å². The van der Waals surface area contributed by atoms with Crippen LogP contribution in [0.1, 0.15) is 45.4 Å². The number of ether oxygens (including phenoxy) is 2. The third kappa shape index (κ3) is 6.78. The lowest BCUT2D eigenvalue weighted by atomic mass is 10.2. The molecule has 0 bridgehead atoms. The Morgan fingerprint density at radius 3 is 2.61 bits per heavy atom. The molecule has 0 radical (unpaired) electrons. The molecule has 1 aliphatic rings. The van der Waals surface area contributed by atoms with Gasteiger partial charge in [0, 0.05) is 23.6 Å². The monoisotopic (exact) mass is 432 g/mol. The number of carbonyl (C=O) groups is 1. The average Bonchev–Trinajstić information content (AvgIpc) is 3.48. The highest BCUT2D eigenvalue weighted by molar-refractivity contribution is 5.68. The maximum Gasteiger partial charge on any atom is 0.407 e. The number of aliphatic hydroxyl groups excluding tert-OH is 1. The first-order valence-corrected chi connectivity index (χ1v) is 10.3. The quantitative estimate of drug-likeness (QED) is 0.629. The van der Waals surface area contributed by atoms with Gasteiger partial charge < -0.3 is 19.9 Å². The molecule has 0 saturated heterocycles. The molecule has 9 heteroatoms. The average molecular weight is 432 g/mol. The van der Waals surface area contributed by atoms with E-state index < -0.39 is 11.7 Å². The van der Waals surface area contributed by atoms with E-state index in [4.69, 9.17) is 9.47 Å². The number of halogens is 1. The first-order valence-electron chi connectivity index (χ1n) is 10.3. The van der Waals surface area contributed by atoms with Gasteiger partial charge in [-0.1, -0.05) is 0 Å². The number of nitrogens with zero attached hydrogens (tertiary/aromatic N) is 3. The lowest BCUT2D eigenvalue weighted by Crippen LogP contribution is -2.34. The highest BCUT2D eigenvalue weighted by Crippen LogP contribution is 2.39. The highest BCUT2D eigenvalue weighted by Gasteiger charge is 2.29. The van der Waals surface area contributed by atoms with Crippen LogP contribution in [-0.2, 0) is 11.3 Å². The second-order valence-corrected chi connectivity index (χ2v) is 8.45. The molecule has 8 nitrogen and oxygen atoms in total. The molecular formula is C22H29FN4O4. The standard InChI is InChI=1S/C22H29FN4O4/c1-22(2,3)31-21(29)24-13-15(12-23)14-30-18-8-6-16(7-9-18)19-25-20(17-4-5-17)27(26-19)10-11-28/h6-9,12,17,28H,4-5,10-11,13-14H2,1-3H3,(H,24,29)/b15-12+. The summed E-state index contributed by atoms with van der Waals surface area (Å²) in [5.41, 5.74) is 0.483. The van der Waals surface area contributed by atoms with Crippen LogP contribution in [0.5, 0.6) is 5.75 Å². The van der Waals surface area contributed by atoms with Crippen molar-refractivity contribution >= 4 is 6.09 Å². The number of rotatable bonds is 9. The summed E-state index contributed by atoms with van der Waals surface area (Å²) in [6, 6.07) is 7.19. The molecule has 0 aliphatic heterocycles. The van der Waals surface area contributed by atoms with E-state index in [1.807, 2.05) is 12.1 Å². The van der Waals surface area contributed by atoms with Crippen LogP contribution in [0.15, 0.2) is 36.2 Å². The predicted molar refractivity (Wildman–Crippen MR) is 113 cm³/mol. The van der Waals surface area contributed by atoms with Gasteiger partial charge in [0.2, 0.25) is 0 Å². The van der Waals surface area contributed by atoms with Crippen molar-refractivity contribution in [1.82, 2.24) is 20.1 Å². The summed E-state index contributed by atoms with van der Waals surface area (Å²) in [5.74, 6) is 2.50. The number of alkyl carbamates (subject to hydrolysis) is 1. The zero-order valence-electron chi connectivity index (χ0n) is 18.1. The summed E-state index contributed by atoms with van der Waals surface area (Å²) in [6.07, 6.45) is 2.01. The maximum atomic E-state index is 13.1. The summed E-state index contributed by atoms with van der Waals surface area (Å²) >= 11 is 0. The molecule has 1 aromatic heterocycles. The van der Waals surface area contributed by atoms with Crippen LogP contribution in [0.2, 0.25) is 0 Å². The Morgan fingerprint density at radius 1 is 1.32 bits per heavy atom. The van der Waals surface area contributed by atoms with Crippen LogP contribution in [0.25, 0.3) is 11.4 Å². The molecular weight excluding hydrogens is 403 g/mol. The molecule has 1 heterocycles. The first-order chi connectivity index (χ1) is 14.8. The van der Waals surface area contributed by atoms with Crippen molar-refractivity contribution in [2.75, 3.05) is 19.8 Å². The van der Waals surface area contributed by atoms with E-state index >= 15 is 0 Å². The third-order valence-electron chi connectivity index (χ3n) is 4.50. The van der Waals surface area contributed by atoms with Crippen LogP contribution in [-0.4, -0.2) is 51.3 Å². The van der Waals surface area contributed by atoms with Crippen molar-refractivity contribution in [3.05, 3.63) is 42.0 Å². The van der Waals surface area contributed by atoms with Crippen LogP contribution in [0.3, 0.4) is 0 Å². The summed E-state index contributed by atoms with van der Waals surface area (Å²) in [4.78, 5) is 16.3. The number of aliphatic hydroxyl groups is 1. The summed E-state index contributed by atoms with van der Waals surface area (Å²) in [7, 11) is 0. The van der Waals surface area contributed by atoms with Gasteiger partial charge in [0.05, 0.1) is 19.5 Å². The van der Waals surface area contributed by atoms with E-state index in [1.165, 1.54) is 0 Å². The van der Waals surface area contributed by atoms with Gasteiger partial charge in [0.1, 0.15) is 23.8 Å². The van der Waals surface area contributed by atoms with Crippen molar-refractivity contribution in [2.24, 2.45) is 0 Å². The second kappa shape index (κ2) is 9.91. The number of amides is 1. The fraction of sp³-hybridized carbons (Fsp3) is 0.500. The van der Waals surface area contributed by atoms with Gasteiger partial charge in [0.15, 0.2) is 5.82 Å². The van der Waals surface area contributed by atoms with Gasteiger partial charge in [0.25, 0.3) is 0 Å². The van der Waals surface area contributed by atoms with E-state index in [9.17, 15) is 14.3 Å². The normalized spacial score (nSPS) is 14.4. The fourth-order valence-corrected chi connectivity index (χ4v) is 2.88. The Hall–Kier alpha value is -2.94. The largest absolute Gasteiger partial charge is 0.489 e. The van der Waals surface area contributed by atoms with Crippen LogP contribution in [0, 0.1) is 0 Å². The lowest BCUT2D eigenvalue weighted by Gasteiger charge is -2.20. The minimum absolute atomic E-state index is 0.0130. The van der Waals surface area contributed by atoms with Crippen molar-refractivity contribution in [3.8, 4) is 17.1 Å². The lowest BCUT2D eigenvalue weighted by molar-refractivity contribution is 0.0531. The molecule has 1 aromatic carbocycles. The number of nitrogens with one attached hydrogen (secondary N) is 1. The van der Waals surface area contributed by atoms with Crippen LogP contribution in [0.4, 0.5) is 9.18 Å². The molecule has 3 rings (SSSR count). The molecule has 2 aromatic rings. The Labute approximate surface area is 181 Å². The summed E-state index contributed by atoms with van der Waals surface area (Å²) in [6.45, 7) is 5.68. The molecule has 1 amide bonds. The van der Waals surface area contributed by atoms with Crippen molar-refractivity contribution in [3.63, 3.8) is 0 Å². The number of carbonyl (C=O) groups excluding carboxylic acids is 1. The summed E-state index contributed by atoms with van der Waals surface area (Å²) in [5, 5.41) is 16.3. The van der Waals surface area contributed by atoms with Crippen molar-refractivity contribution < 1.29 is 23.8 Å². The number of aromatic nitrogens is 3. The Bertz CT molecular complexity index is 915. The molecule has 1 aliphatic carbocycles. The first kappa shape index (κ1) is 22.7. The summed E-state index contributed by atoms with van der Waals surface area (Å²) < 4.78 is 25.7. The van der Waals surface area contributed by atoms with E-state index in [2.05, 4.69) is 15.4 Å². The zero-order valence-corrected chi connectivity index (χ0v) is 18.1. The molecule has 1 fully saturated rings. The number of hydrogen-bond donors (Lipinski definition) is 2. The predicted octanol–water partition coefficient (Wildman–Crippen LogP) is 3.57. The van der Waals surface area contributed by atoms with Gasteiger partial charge in [-0.25, -0.2) is 18.9 Å². The maximum absolute atomic E-state index is 13.1. The smallest absolute Gasteiger partial charge is 0.407 e. The van der Waals surface area contributed by atoms with Crippen molar-refractivity contribution in [2.45, 2.75) is 51.7 Å². The minimum atomic E-state index is -0.621. The highest BCUT2D eigenvalue weighted by atomic mass is 19.1.